The average molecular weight is 388 g/mol. The molecule has 1 saturated heterocycles. The summed E-state index contributed by atoms with van der Waals surface area (Å²) in [5, 5.41) is 3.15. The molecule has 1 N–H and O–H groups in total. The van der Waals surface area contributed by atoms with E-state index in [1.54, 1.807) is 12.3 Å². The zero-order valence-electron chi connectivity index (χ0n) is 16.3. The molecular weight excluding hydrogens is 364 g/mol. The molecule has 1 aliphatic rings. The van der Waals surface area contributed by atoms with E-state index in [1.165, 1.54) is 6.42 Å². The van der Waals surface area contributed by atoms with E-state index in [9.17, 15) is 4.79 Å². The molecule has 0 saturated carbocycles. The Morgan fingerprint density at radius 2 is 1.72 bits per heavy atom. The fourth-order valence-corrected chi connectivity index (χ4v) is 3.30. The molecule has 1 aromatic heterocycles. The molecule has 148 valence electrons. The van der Waals surface area contributed by atoms with Crippen LogP contribution in [0.15, 0.2) is 66.9 Å². The van der Waals surface area contributed by atoms with E-state index in [4.69, 9.17) is 4.74 Å². The Hall–Kier alpha value is -3.41. The zero-order valence-corrected chi connectivity index (χ0v) is 16.3. The van der Waals surface area contributed by atoms with Gasteiger partial charge in [0.1, 0.15) is 18.1 Å². The second-order valence-corrected chi connectivity index (χ2v) is 7.04. The number of carbonyl (C=O) groups is 1. The molecule has 4 rings (SSSR count). The molecule has 2 aromatic carbocycles. The van der Waals surface area contributed by atoms with E-state index < -0.39 is 0 Å². The first kappa shape index (κ1) is 18.9. The molecule has 6 heteroatoms. The highest BCUT2D eigenvalue weighted by Gasteiger charge is 2.19. The molecule has 1 fully saturated rings. The first-order chi connectivity index (χ1) is 14.3. The summed E-state index contributed by atoms with van der Waals surface area (Å²) in [6, 6.07) is 19.3. The van der Waals surface area contributed by atoms with Crippen LogP contribution in [0.1, 0.15) is 35.3 Å². The minimum atomic E-state index is -0.0280. The van der Waals surface area contributed by atoms with Crippen LogP contribution >= 0.6 is 0 Å². The number of amides is 1. The fraction of sp³-hybridized carbons (Fsp3) is 0.261. The summed E-state index contributed by atoms with van der Waals surface area (Å²) in [6.45, 7) is 2.13. The van der Waals surface area contributed by atoms with E-state index in [-0.39, 0.29) is 5.91 Å². The molecule has 0 bridgehead atoms. The van der Waals surface area contributed by atoms with Crippen LogP contribution in [0.2, 0.25) is 0 Å². The van der Waals surface area contributed by atoms with Crippen molar-refractivity contribution in [2.75, 3.05) is 18.4 Å². The number of carbonyl (C=O) groups excluding carboxylic acids is 1. The number of hydrogen-bond donors (Lipinski definition) is 1. The highest BCUT2D eigenvalue weighted by Crippen LogP contribution is 2.20. The van der Waals surface area contributed by atoms with E-state index in [2.05, 4.69) is 15.3 Å². The normalized spacial score (nSPS) is 13.7. The summed E-state index contributed by atoms with van der Waals surface area (Å²) >= 11 is 0. The van der Waals surface area contributed by atoms with Gasteiger partial charge in [0.25, 0.3) is 5.91 Å². The van der Waals surface area contributed by atoms with Gasteiger partial charge in [-0.15, -0.1) is 0 Å². The highest BCUT2D eigenvalue weighted by molar-refractivity contribution is 5.92. The lowest BCUT2D eigenvalue weighted by atomic mass is 10.1. The Bertz CT molecular complexity index is 939. The zero-order chi connectivity index (χ0) is 19.9. The first-order valence-electron chi connectivity index (χ1n) is 9.94. The van der Waals surface area contributed by atoms with Crippen molar-refractivity contribution in [3.05, 3.63) is 78.1 Å². The molecule has 2 heterocycles. The second-order valence-electron chi connectivity index (χ2n) is 7.04. The summed E-state index contributed by atoms with van der Waals surface area (Å²) in [6.07, 6.45) is 4.91. The predicted molar refractivity (Wildman–Crippen MR) is 112 cm³/mol. The van der Waals surface area contributed by atoms with Crippen LogP contribution in [-0.2, 0) is 6.61 Å². The number of aromatic nitrogens is 2. The Labute approximate surface area is 170 Å². The maximum atomic E-state index is 12.6. The second kappa shape index (κ2) is 9.19. The molecule has 0 aliphatic carbocycles. The van der Waals surface area contributed by atoms with Gasteiger partial charge in [-0.25, -0.2) is 9.97 Å². The standard InChI is InChI=1S/C23H24N4O2/c28-22(27-15-5-2-6-16-27)21-13-14-24-23(26-21)25-19-9-11-20(12-10-19)29-17-18-7-3-1-4-8-18/h1,3-4,7-14H,2,5-6,15-17H2,(H,24,25,26). The average Bonchev–Trinajstić information content (AvgIpc) is 2.79. The monoisotopic (exact) mass is 388 g/mol. The number of anilines is 2. The van der Waals surface area contributed by atoms with Crippen LogP contribution < -0.4 is 10.1 Å². The van der Waals surface area contributed by atoms with Gasteiger partial charge in [0.05, 0.1) is 0 Å². The van der Waals surface area contributed by atoms with Gasteiger partial charge in [0, 0.05) is 25.0 Å². The van der Waals surface area contributed by atoms with Crippen LogP contribution in [0.3, 0.4) is 0 Å². The van der Waals surface area contributed by atoms with E-state index in [0.717, 1.165) is 42.9 Å². The topological polar surface area (TPSA) is 67.3 Å². The molecule has 0 atom stereocenters. The number of hydrogen-bond acceptors (Lipinski definition) is 5. The Morgan fingerprint density at radius 1 is 0.966 bits per heavy atom. The largest absolute Gasteiger partial charge is 0.489 e. The Morgan fingerprint density at radius 3 is 2.48 bits per heavy atom. The number of nitrogens with zero attached hydrogens (tertiary/aromatic N) is 3. The summed E-state index contributed by atoms with van der Waals surface area (Å²) in [5.74, 6) is 1.17. The van der Waals surface area contributed by atoms with E-state index in [1.807, 2.05) is 59.5 Å². The van der Waals surface area contributed by atoms with Gasteiger partial charge in [-0.1, -0.05) is 30.3 Å². The van der Waals surface area contributed by atoms with Crippen LogP contribution in [0.5, 0.6) is 5.75 Å². The number of ether oxygens (including phenoxy) is 1. The van der Waals surface area contributed by atoms with Gasteiger partial charge >= 0.3 is 0 Å². The quantitative estimate of drug-likeness (QED) is 0.677. The number of rotatable bonds is 6. The maximum Gasteiger partial charge on any atom is 0.272 e. The maximum absolute atomic E-state index is 12.6. The number of nitrogens with one attached hydrogen (secondary N) is 1. The summed E-state index contributed by atoms with van der Waals surface area (Å²) < 4.78 is 5.81. The van der Waals surface area contributed by atoms with Crippen molar-refractivity contribution < 1.29 is 9.53 Å². The van der Waals surface area contributed by atoms with Crippen molar-refractivity contribution in [3.8, 4) is 5.75 Å². The first-order valence-corrected chi connectivity index (χ1v) is 9.94. The van der Waals surface area contributed by atoms with Gasteiger partial charge in [-0.2, -0.15) is 0 Å². The predicted octanol–water partition coefficient (Wildman–Crippen LogP) is 4.43. The third kappa shape index (κ3) is 5.10. The SMILES string of the molecule is O=C(c1ccnc(Nc2ccc(OCc3ccccc3)cc2)n1)N1CCCCC1. The van der Waals surface area contributed by atoms with E-state index in [0.29, 0.717) is 18.2 Å². The molecule has 6 nitrogen and oxygen atoms in total. The van der Waals surface area contributed by atoms with Crippen molar-refractivity contribution in [1.82, 2.24) is 14.9 Å². The highest BCUT2D eigenvalue weighted by atomic mass is 16.5. The van der Waals surface area contributed by atoms with Crippen molar-refractivity contribution in [2.45, 2.75) is 25.9 Å². The van der Waals surface area contributed by atoms with Crippen molar-refractivity contribution in [1.29, 1.82) is 0 Å². The lowest BCUT2D eigenvalue weighted by Gasteiger charge is -2.26. The lowest BCUT2D eigenvalue weighted by molar-refractivity contribution is 0.0718. The van der Waals surface area contributed by atoms with Crippen LogP contribution in [0.4, 0.5) is 11.6 Å². The number of likely N-dealkylation sites (tertiary alicyclic amines) is 1. The van der Waals surface area contributed by atoms with Crippen LogP contribution in [0, 0.1) is 0 Å². The minimum absolute atomic E-state index is 0.0280. The third-order valence-corrected chi connectivity index (χ3v) is 4.88. The lowest BCUT2D eigenvalue weighted by Crippen LogP contribution is -2.36. The smallest absolute Gasteiger partial charge is 0.272 e. The molecule has 0 radical (unpaired) electrons. The summed E-state index contributed by atoms with van der Waals surface area (Å²) in [4.78, 5) is 23.1. The molecule has 0 unspecified atom stereocenters. The van der Waals surface area contributed by atoms with Crippen molar-refractivity contribution >= 4 is 17.5 Å². The molecule has 3 aromatic rings. The van der Waals surface area contributed by atoms with Gasteiger partial charge in [-0.3, -0.25) is 4.79 Å². The van der Waals surface area contributed by atoms with Gasteiger partial charge < -0.3 is 15.0 Å². The molecule has 0 spiro atoms. The number of benzene rings is 2. The Balaban J connectivity index is 1.37. The molecular formula is C23H24N4O2. The molecule has 29 heavy (non-hydrogen) atoms. The van der Waals surface area contributed by atoms with Crippen LogP contribution in [0.25, 0.3) is 0 Å². The number of piperidine rings is 1. The summed E-state index contributed by atoms with van der Waals surface area (Å²) in [5.41, 5.74) is 2.38. The van der Waals surface area contributed by atoms with Crippen molar-refractivity contribution in [3.63, 3.8) is 0 Å². The van der Waals surface area contributed by atoms with Crippen LogP contribution in [-0.4, -0.2) is 33.9 Å². The molecule has 1 amide bonds. The van der Waals surface area contributed by atoms with Gasteiger partial charge in [0.15, 0.2) is 0 Å². The van der Waals surface area contributed by atoms with Gasteiger partial charge in [-0.05, 0) is 55.2 Å². The minimum Gasteiger partial charge on any atom is -0.489 e. The van der Waals surface area contributed by atoms with E-state index >= 15 is 0 Å². The fourth-order valence-electron chi connectivity index (χ4n) is 3.30. The van der Waals surface area contributed by atoms with Gasteiger partial charge in [0.2, 0.25) is 5.95 Å². The molecule has 1 aliphatic heterocycles. The third-order valence-electron chi connectivity index (χ3n) is 4.88. The Kier molecular flexibility index (Phi) is 6.00. The summed E-state index contributed by atoms with van der Waals surface area (Å²) in [7, 11) is 0. The van der Waals surface area contributed by atoms with Crippen molar-refractivity contribution in [2.24, 2.45) is 0 Å².